The quantitative estimate of drug-likeness (QED) is 0.611. The lowest BCUT2D eigenvalue weighted by atomic mass is 10.1. The van der Waals surface area contributed by atoms with Crippen molar-refractivity contribution in [2.75, 3.05) is 28.4 Å². The maximum Gasteiger partial charge on any atom is 0.237 e. The maximum absolute atomic E-state index is 13.0. The van der Waals surface area contributed by atoms with Crippen molar-refractivity contribution in [3.63, 3.8) is 0 Å². The fourth-order valence-corrected chi connectivity index (χ4v) is 3.04. The molecule has 0 saturated heterocycles. The summed E-state index contributed by atoms with van der Waals surface area (Å²) in [5, 5.41) is -0.791. The number of benzene rings is 2. The van der Waals surface area contributed by atoms with Crippen molar-refractivity contribution < 1.29 is 18.9 Å². The molecule has 8 nitrogen and oxygen atoms in total. The van der Waals surface area contributed by atoms with E-state index in [1.807, 2.05) is 0 Å². The molecular weight excluding hydrogens is 368 g/mol. The van der Waals surface area contributed by atoms with Gasteiger partial charge in [0.25, 0.3) is 0 Å². The van der Waals surface area contributed by atoms with Crippen LogP contribution in [0.3, 0.4) is 0 Å². The summed E-state index contributed by atoms with van der Waals surface area (Å²) in [6.07, 6.45) is 0. The molecule has 8 heteroatoms. The molecule has 0 N–H and O–H groups in total. The smallest absolute Gasteiger partial charge is 0.237 e. The van der Waals surface area contributed by atoms with Crippen LogP contribution in [0.25, 0.3) is 21.5 Å². The lowest BCUT2D eigenvalue weighted by molar-refractivity contribution is 0.409. The highest BCUT2D eigenvalue weighted by atomic mass is 16.5. The summed E-state index contributed by atoms with van der Waals surface area (Å²) in [5.41, 5.74) is -3.79. The average molecular weight is 384 g/mol. The zero-order chi connectivity index (χ0) is 20.6. The van der Waals surface area contributed by atoms with Crippen molar-refractivity contribution in [3.05, 3.63) is 65.2 Å². The second-order valence-corrected chi connectivity index (χ2v) is 5.83. The van der Waals surface area contributed by atoms with E-state index in [1.165, 1.54) is 52.7 Å². The third kappa shape index (κ3) is 2.79. The third-order valence-corrected chi connectivity index (χ3v) is 4.40. The van der Waals surface area contributed by atoms with Crippen molar-refractivity contribution >= 4 is 21.5 Å². The third-order valence-electron chi connectivity index (χ3n) is 4.40. The van der Waals surface area contributed by atoms with E-state index in [0.29, 0.717) is 0 Å². The molecule has 144 valence electrons. The Morgan fingerprint density at radius 3 is 0.893 bits per heavy atom. The second kappa shape index (κ2) is 7.15. The monoisotopic (exact) mass is 384 g/mol. The highest BCUT2D eigenvalue weighted by molar-refractivity contribution is 5.87. The van der Waals surface area contributed by atoms with Crippen LogP contribution < -0.4 is 40.7 Å². The second-order valence-electron chi connectivity index (χ2n) is 5.83. The minimum atomic E-state index is -0.948. The van der Waals surface area contributed by atoms with Crippen LogP contribution in [0.1, 0.15) is 0 Å². The van der Waals surface area contributed by atoms with Gasteiger partial charge in [-0.25, -0.2) is 0 Å². The van der Waals surface area contributed by atoms with Crippen LogP contribution in [0, 0.1) is 0 Å². The van der Waals surface area contributed by atoms with E-state index in [2.05, 4.69) is 0 Å². The van der Waals surface area contributed by atoms with E-state index >= 15 is 0 Å². The Morgan fingerprint density at radius 1 is 0.464 bits per heavy atom. The fourth-order valence-electron chi connectivity index (χ4n) is 3.04. The minimum Gasteiger partial charge on any atom is -0.497 e. The van der Waals surface area contributed by atoms with E-state index in [-0.39, 0.29) is 44.5 Å². The molecule has 0 aliphatic rings. The molecule has 0 aliphatic heterocycles. The Bertz CT molecular complexity index is 1140. The van der Waals surface area contributed by atoms with Crippen molar-refractivity contribution in [1.29, 1.82) is 0 Å². The van der Waals surface area contributed by atoms with Crippen molar-refractivity contribution in [2.45, 2.75) is 0 Å². The molecule has 4 bridgehead atoms. The predicted molar refractivity (Wildman–Crippen MR) is 104 cm³/mol. The molecule has 0 spiro atoms. The molecule has 0 amide bonds. The molecule has 0 fully saturated rings. The summed E-state index contributed by atoms with van der Waals surface area (Å²) in [6.45, 7) is 0. The largest absolute Gasteiger partial charge is 0.497 e. The van der Waals surface area contributed by atoms with Crippen molar-refractivity contribution in [2.24, 2.45) is 0 Å². The van der Waals surface area contributed by atoms with Gasteiger partial charge in [0.15, 0.2) is 0 Å². The molecular formula is C20H16O8. The summed E-state index contributed by atoms with van der Waals surface area (Å²) in [6, 6.07) is 5.09. The zero-order valence-corrected chi connectivity index (χ0v) is 15.6. The minimum absolute atomic E-state index is 0.127. The van der Waals surface area contributed by atoms with E-state index in [1.54, 1.807) is 0 Å². The number of ether oxygens (including phenoxy) is 4. The molecule has 0 saturated carbocycles. The molecule has 0 heterocycles. The van der Waals surface area contributed by atoms with E-state index in [0.717, 1.165) is 0 Å². The van der Waals surface area contributed by atoms with Gasteiger partial charge in [-0.15, -0.1) is 0 Å². The summed E-state index contributed by atoms with van der Waals surface area (Å²) >= 11 is 0. The lowest BCUT2D eigenvalue weighted by Gasteiger charge is -2.08. The Hall–Kier alpha value is -3.68. The summed E-state index contributed by atoms with van der Waals surface area (Å²) < 4.78 is 20.6. The van der Waals surface area contributed by atoms with Gasteiger partial charge >= 0.3 is 0 Å². The number of methoxy groups -OCH3 is 4. The van der Waals surface area contributed by atoms with Crippen LogP contribution in [0.4, 0.5) is 0 Å². The van der Waals surface area contributed by atoms with E-state index < -0.39 is 21.7 Å². The molecule has 0 aliphatic carbocycles. The number of hydrogen-bond acceptors (Lipinski definition) is 8. The summed E-state index contributed by atoms with van der Waals surface area (Å²) in [5.74, 6) is -0.0917. The van der Waals surface area contributed by atoms with Gasteiger partial charge in [0.05, 0.1) is 50.0 Å². The molecule has 0 atom stereocenters. The zero-order valence-electron chi connectivity index (χ0n) is 15.6. The highest BCUT2D eigenvalue weighted by Crippen LogP contribution is 2.29. The maximum atomic E-state index is 13.0. The molecule has 3 rings (SSSR count). The molecule has 0 aromatic heterocycles. The van der Waals surface area contributed by atoms with Crippen molar-refractivity contribution in [3.8, 4) is 23.0 Å². The predicted octanol–water partition coefficient (Wildman–Crippen LogP) is 0.906. The molecule has 28 heavy (non-hydrogen) atoms. The molecule has 0 radical (unpaired) electrons. The van der Waals surface area contributed by atoms with Crippen LogP contribution in [-0.4, -0.2) is 28.4 Å². The first-order valence-electron chi connectivity index (χ1n) is 8.08. The Labute approximate surface area is 157 Å². The van der Waals surface area contributed by atoms with Crippen LogP contribution in [0.2, 0.25) is 0 Å². The lowest BCUT2D eigenvalue weighted by Crippen LogP contribution is -2.27. The normalized spacial score (nSPS) is 10.7. The van der Waals surface area contributed by atoms with Gasteiger partial charge in [-0.05, 0) is 24.3 Å². The first-order valence-corrected chi connectivity index (χ1v) is 8.08. The van der Waals surface area contributed by atoms with Crippen LogP contribution in [0.5, 0.6) is 23.0 Å². The molecule has 3 aromatic rings. The van der Waals surface area contributed by atoms with E-state index in [9.17, 15) is 19.2 Å². The average Bonchev–Trinajstić information content (AvgIpc) is 2.74. The summed E-state index contributed by atoms with van der Waals surface area (Å²) in [4.78, 5) is 51.8. The van der Waals surface area contributed by atoms with Gasteiger partial charge in [0.2, 0.25) is 21.7 Å². The first kappa shape index (κ1) is 19.1. The van der Waals surface area contributed by atoms with Gasteiger partial charge in [-0.1, -0.05) is 0 Å². The van der Waals surface area contributed by atoms with Crippen LogP contribution in [-0.2, 0) is 0 Å². The topological polar surface area (TPSA) is 105 Å². The standard InChI is InChI=1S/C20H16O8/c1-25-9-5-11-15(21)17(23)13-7-10(26-2)8-14(20(13)28-4)18(24)16(22)12(6-9)19(11)27-3/h5-8H,1-4H3. The highest BCUT2D eigenvalue weighted by Gasteiger charge is 2.18. The molecule has 0 unspecified atom stereocenters. The van der Waals surface area contributed by atoms with Gasteiger partial charge in [-0.3, -0.25) is 19.2 Å². The van der Waals surface area contributed by atoms with Gasteiger partial charge in [0, 0.05) is 0 Å². The van der Waals surface area contributed by atoms with Crippen molar-refractivity contribution in [1.82, 2.24) is 0 Å². The molecule has 3 aromatic carbocycles. The van der Waals surface area contributed by atoms with Gasteiger partial charge < -0.3 is 18.9 Å². The SMILES string of the molecule is COc1cc2c(OC)c(c1)c(=O)c(=O)c1cc(OC)cc(c1OC)c(=O)c2=O. The Morgan fingerprint density at radius 2 is 0.714 bits per heavy atom. The van der Waals surface area contributed by atoms with E-state index in [4.69, 9.17) is 18.9 Å². The fraction of sp³-hybridized carbons (Fsp3) is 0.200. The van der Waals surface area contributed by atoms with Crippen LogP contribution in [0.15, 0.2) is 43.4 Å². The number of hydrogen-bond donors (Lipinski definition) is 0. The van der Waals surface area contributed by atoms with Gasteiger partial charge in [0.1, 0.15) is 23.0 Å². The number of fused-ring (bicyclic) bond motifs is 4. The summed E-state index contributed by atoms with van der Waals surface area (Å²) in [7, 11) is 5.13. The number of rotatable bonds is 4. The van der Waals surface area contributed by atoms with Crippen LogP contribution >= 0.6 is 0 Å². The first-order chi connectivity index (χ1) is 13.4. The van der Waals surface area contributed by atoms with Gasteiger partial charge in [-0.2, -0.15) is 0 Å². The Kier molecular flexibility index (Phi) is 4.87. The Balaban J connectivity index is 2.89.